The molecule has 0 aliphatic carbocycles. The van der Waals surface area contributed by atoms with Crippen LogP contribution in [-0.4, -0.2) is 41.0 Å². The van der Waals surface area contributed by atoms with Crippen molar-refractivity contribution in [2.45, 2.75) is 13.1 Å². The zero-order valence-electron chi connectivity index (χ0n) is 17.9. The molecule has 1 N–H and O–H groups in total. The summed E-state index contributed by atoms with van der Waals surface area (Å²) in [5, 5.41) is 5.36. The molecular weight excluding hydrogens is 418 g/mol. The Morgan fingerprint density at radius 2 is 1.47 bits per heavy atom. The van der Waals surface area contributed by atoms with Crippen molar-refractivity contribution in [3.05, 3.63) is 95.0 Å². The maximum Gasteiger partial charge on any atom is 0.227 e. The van der Waals surface area contributed by atoms with E-state index < -0.39 is 0 Å². The van der Waals surface area contributed by atoms with Crippen LogP contribution in [0, 0.1) is 0 Å². The fourth-order valence-corrected chi connectivity index (χ4v) is 4.20. The highest BCUT2D eigenvalue weighted by atomic mass is 35.5. The summed E-state index contributed by atoms with van der Waals surface area (Å²) >= 11 is 6.01. The standard InChI is InChI=1S/C26H26ClN5/c27-22-12-10-21(11-13-22)19-31-14-16-32(17-15-31)26-29-24-9-5-4-8-23(24)25(30-26)28-18-20-6-2-1-3-7-20/h1-13H,14-19H2,(H,28,29,30). The zero-order valence-corrected chi connectivity index (χ0v) is 18.7. The van der Waals surface area contributed by atoms with Crippen molar-refractivity contribution in [3.8, 4) is 0 Å². The molecule has 0 saturated carbocycles. The fourth-order valence-electron chi connectivity index (χ4n) is 4.08. The van der Waals surface area contributed by atoms with Gasteiger partial charge in [-0.3, -0.25) is 4.90 Å². The first-order chi connectivity index (χ1) is 15.7. The molecule has 1 aliphatic heterocycles. The van der Waals surface area contributed by atoms with Crippen molar-refractivity contribution in [3.63, 3.8) is 0 Å². The third kappa shape index (κ3) is 4.85. The van der Waals surface area contributed by atoms with Crippen LogP contribution in [0.5, 0.6) is 0 Å². The molecule has 4 aromatic rings. The molecule has 32 heavy (non-hydrogen) atoms. The second-order valence-electron chi connectivity index (χ2n) is 8.12. The van der Waals surface area contributed by atoms with E-state index in [0.717, 1.165) is 67.0 Å². The summed E-state index contributed by atoms with van der Waals surface area (Å²) in [6, 6.07) is 26.7. The van der Waals surface area contributed by atoms with Crippen molar-refractivity contribution in [2.75, 3.05) is 36.4 Å². The van der Waals surface area contributed by atoms with Gasteiger partial charge >= 0.3 is 0 Å². The lowest BCUT2D eigenvalue weighted by Crippen LogP contribution is -2.46. The van der Waals surface area contributed by atoms with Crippen LogP contribution in [0.4, 0.5) is 11.8 Å². The van der Waals surface area contributed by atoms with E-state index in [1.54, 1.807) is 0 Å². The number of fused-ring (bicyclic) bond motifs is 1. The molecule has 0 bridgehead atoms. The quantitative estimate of drug-likeness (QED) is 0.442. The number of piperazine rings is 1. The number of para-hydroxylation sites is 1. The van der Waals surface area contributed by atoms with Crippen LogP contribution in [0.15, 0.2) is 78.9 Å². The summed E-state index contributed by atoms with van der Waals surface area (Å²) in [5.74, 6) is 1.68. The Kier molecular flexibility index (Phi) is 6.19. The van der Waals surface area contributed by atoms with Crippen LogP contribution in [0.2, 0.25) is 5.02 Å². The number of aromatic nitrogens is 2. The smallest absolute Gasteiger partial charge is 0.227 e. The summed E-state index contributed by atoms with van der Waals surface area (Å²) < 4.78 is 0. The number of halogens is 1. The molecule has 1 fully saturated rings. The van der Waals surface area contributed by atoms with Crippen LogP contribution in [0.3, 0.4) is 0 Å². The monoisotopic (exact) mass is 443 g/mol. The van der Waals surface area contributed by atoms with Gasteiger partial charge in [0.15, 0.2) is 0 Å². The summed E-state index contributed by atoms with van der Waals surface area (Å²) in [4.78, 5) is 14.6. The average Bonchev–Trinajstić information content (AvgIpc) is 2.85. The van der Waals surface area contributed by atoms with Crippen molar-refractivity contribution in [2.24, 2.45) is 0 Å². The van der Waals surface area contributed by atoms with Crippen molar-refractivity contribution >= 4 is 34.3 Å². The third-order valence-electron chi connectivity index (χ3n) is 5.87. The van der Waals surface area contributed by atoms with E-state index in [9.17, 15) is 0 Å². The second-order valence-corrected chi connectivity index (χ2v) is 8.55. The zero-order chi connectivity index (χ0) is 21.8. The molecule has 1 aliphatic rings. The lowest BCUT2D eigenvalue weighted by Gasteiger charge is -2.35. The van der Waals surface area contributed by atoms with Crippen molar-refractivity contribution in [1.29, 1.82) is 0 Å². The van der Waals surface area contributed by atoms with Crippen LogP contribution in [0.1, 0.15) is 11.1 Å². The molecule has 1 aromatic heterocycles. The first-order valence-electron chi connectivity index (χ1n) is 11.0. The Morgan fingerprint density at radius 1 is 0.750 bits per heavy atom. The van der Waals surface area contributed by atoms with Gasteiger partial charge in [0.05, 0.1) is 5.52 Å². The van der Waals surface area contributed by atoms with Crippen LogP contribution in [-0.2, 0) is 13.1 Å². The SMILES string of the molecule is Clc1ccc(CN2CCN(c3nc(NCc4ccccc4)c4ccccc4n3)CC2)cc1. The topological polar surface area (TPSA) is 44.3 Å². The van der Waals surface area contributed by atoms with Gasteiger partial charge in [-0.15, -0.1) is 0 Å². The number of hydrogen-bond donors (Lipinski definition) is 1. The molecule has 1 saturated heterocycles. The highest BCUT2D eigenvalue weighted by Gasteiger charge is 2.20. The van der Waals surface area contributed by atoms with E-state index in [0.29, 0.717) is 0 Å². The van der Waals surface area contributed by atoms with Gasteiger partial charge in [0, 0.05) is 49.7 Å². The number of nitrogens with zero attached hydrogens (tertiary/aromatic N) is 4. The Morgan fingerprint density at radius 3 is 2.25 bits per heavy atom. The van der Waals surface area contributed by atoms with E-state index in [-0.39, 0.29) is 0 Å². The second kappa shape index (κ2) is 9.55. The molecule has 0 radical (unpaired) electrons. The lowest BCUT2D eigenvalue weighted by atomic mass is 10.2. The molecule has 0 unspecified atom stereocenters. The van der Waals surface area contributed by atoms with E-state index in [1.807, 2.05) is 30.3 Å². The van der Waals surface area contributed by atoms with E-state index in [1.165, 1.54) is 11.1 Å². The van der Waals surface area contributed by atoms with Crippen molar-refractivity contribution in [1.82, 2.24) is 14.9 Å². The summed E-state index contributed by atoms with van der Waals surface area (Å²) in [7, 11) is 0. The maximum absolute atomic E-state index is 6.01. The largest absolute Gasteiger partial charge is 0.365 e. The van der Waals surface area contributed by atoms with Gasteiger partial charge in [-0.05, 0) is 35.4 Å². The van der Waals surface area contributed by atoms with Gasteiger partial charge in [-0.1, -0.05) is 66.2 Å². The molecule has 0 spiro atoms. The Labute approximate surface area is 193 Å². The minimum Gasteiger partial charge on any atom is -0.365 e. The highest BCUT2D eigenvalue weighted by Crippen LogP contribution is 2.25. The van der Waals surface area contributed by atoms with Gasteiger partial charge in [0.2, 0.25) is 5.95 Å². The van der Waals surface area contributed by atoms with Crippen LogP contribution in [0.25, 0.3) is 10.9 Å². The Hall–Kier alpha value is -3.15. The molecule has 2 heterocycles. The summed E-state index contributed by atoms with van der Waals surface area (Å²) in [5.41, 5.74) is 3.49. The fraction of sp³-hybridized carbons (Fsp3) is 0.231. The van der Waals surface area contributed by atoms with Gasteiger partial charge in [0.1, 0.15) is 5.82 Å². The first-order valence-corrected chi connectivity index (χ1v) is 11.4. The highest BCUT2D eigenvalue weighted by molar-refractivity contribution is 6.30. The Balaban J connectivity index is 1.30. The van der Waals surface area contributed by atoms with Crippen LogP contribution < -0.4 is 10.2 Å². The summed E-state index contributed by atoms with van der Waals surface area (Å²) in [6.07, 6.45) is 0. The van der Waals surface area contributed by atoms with E-state index in [2.05, 4.69) is 63.6 Å². The number of anilines is 2. The number of benzene rings is 3. The lowest BCUT2D eigenvalue weighted by molar-refractivity contribution is 0.249. The third-order valence-corrected chi connectivity index (χ3v) is 6.12. The molecule has 5 nitrogen and oxygen atoms in total. The van der Waals surface area contributed by atoms with E-state index in [4.69, 9.17) is 21.6 Å². The molecule has 162 valence electrons. The van der Waals surface area contributed by atoms with Gasteiger partial charge in [0.25, 0.3) is 0 Å². The van der Waals surface area contributed by atoms with Crippen LogP contribution >= 0.6 is 11.6 Å². The normalized spacial score (nSPS) is 14.6. The first kappa shape index (κ1) is 20.7. The Bertz CT molecular complexity index is 1170. The molecule has 0 amide bonds. The molecular formula is C26H26ClN5. The van der Waals surface area contributed by atoms with Gasteiger partial charge < -0.3 is 10.2 Å². The van der Waals surface area contributed by atoms with E-state index >= 15 is 0 Å². The van der Waals surface area contributed by atoms with Crippen molar-refractivity contribution < 1.29 is 0 Å². The number of hydrogen-bond acceptors (Lipinski definition) is 5. The maximum atomic E-state index is 6.01. The minimum absolute atomic E-state index is 0.732. The molecule has 0 atom stereocenters. The average molecular weight is 444 g/mol. The van der Waals surface area contributed by atoms with Gasteiger partial charge in [-0.25, -0.2) is 4.98 Å². The molecule has 5 rings (SSSR count). The molecule has 3 aromatic carbocycles. The number of nitrogens with one attached hydrogen (secondary N) is 1. The molecule has 6 heteroatoms. The minimum atomic E-state index is 0.732. The predicted octanol–water partition coefficient (Wildman–Crippen LogP) is 5.22. The predicted molar refractivity (Wildman–Crippen MR) is 132 cm³/mol. The number of rotatable bonds is 6. The van der Waals surface area contributed by atoms with Gasteiger partial charge in [-0.2, -0.15) is 4.98 Å². The summed E-state index contributed by atoms with van der Waals surface area (Å²) in [6.45, 7) is 5.44.